The summed E-state index contributed by atoms with van der Waals surface area (Å²) in [6.45, 7) is 2.37. The Balaban J connectivity index is 1.51. The molecule has 3 N–H and O–H groups in total. The predicted molar refractivity (Wildman–Crippen MR) is 139 cm³/mol. The second kappa shape index (κ2) is 12.2. The molecule has 0 bridgehead atoms. The van der Waals surface area contributed by atoms with Crippen molar-refractivity contribution in [3.8, 4) is 5.75 Å². The highest BCUT2D eigenvalue weighted by Gasteiger charge is 2.37. The van der Waals surface area contributed by atoms with Gasteiger partial charge in [0.05, 0.1) is 12.6 Å². The Kier molecular flexibility index (Phi) is 8.76. The molecule has 1 unspecified atom stereocenters. The normalized spacial score (nSPS) is 15.7. The van der Waals surface area contributed by atoms with Crippen molar-refractivity contribution in [1.82, 2.24) is 20.5 Å². The van der Waals surface area contributed by atoms with Gasteiger partial charge in [0.25, 0.3) is 5.91 Å². The van der Waals surface area contributed by atoms with Gasteiger partial charge in [0.15, 0.2) is 23.2 Å². The van der Waals surface area contributed by atoms with Gasteiger partial charge in [-0.15, -0.1) is 0 Å². The molecule has 1 aliphatic rings. The number of aromatic amines is 1. The number of hydrogen-bond acceptors (Lipinski definition) is 5. The minimum absolute atomic E-state index is 0.0674. The monoisotopic (exact) mass is 558 g/mol. The van der Waals surface area contributed by atoms with Gasteiger partial charge < -0.3 is 25.3 Å². The van der Waals surface area contributed by atoms with Crippen LogP contribution < -0.4 is 15.4 Å². The van der Waals surface area contributed by atoms with E-state index in [1.807, 2.05) is 18.2 Å². The number of amides is 3. The highest BCUT2D eigenvalue weighted by molar-refractivity contribution is 6.00. The van der Waals surface area contributed by atoms with Crippen LogP contribution >= 0.6 is 0 Å². The fourth-order valence-electron chi connectivity index (χ4n) is 4.78. The summed E-state index contributed by atoms with van der Waals surface area (Å²) in [5.74, 6) is -7.97. The lowest BCUT2D eigenvalue weighted by Crippen LogP contribution is -2.54. The Morgan fingerprint density at radius 2 is 1.82 bits per heavy atom. The lowest BCUT2D eigenvalue weighted by Gasteiger charge is -2.35. The van der Waals surface area contributed by atoms with Gasteiger partial charge in [0.1, 0.15) is 12.3 Å². The van der Waals surface area contributed by atoms with Crippen LogP contribution in [0.4, 0.5) is 13.2 Å². The number of carbonyl (C=O) groups is 4. The second-order valence-electron chi connectivity index (χ2n) is 9.80. The van der Waals surface area contributed by atoms with Crippen LogP contribution in [-0.2, 0) is 14.4 Å². The standard InChI is InChI=1S/C28H29F3N4O5/c1-15(2)35(24(37)13-33-28(39)21-11-16-5-3-4-6-20(16)34-21)22(12-17-9-10-32-27(17)38)23(36)14-40-26-19(30)8-7-18(29)25(26)31/h3-8,11,15,17,22,34H,9-10,12-14H2,1-2H3,(H,32,38)(H,33,39)/t17-,22?/m0/s1. The topological polar surface area (TPSA) is 121 Å². The van der Waals surface area contributed by atoms with Gasteiger partial charge >= 0.3 is 0 Å². The van der Waals surface area contributed by atoms with Crippen molar-refractivity contribution in [1.29, 1.82) is 0 Å². The second-order valence-corrected chi connectivity index (χ2v) is 9.80. The molecule has 4 rings (SSSR count). The van der Waals surface area contributed by atoms with Crippen molar-refractivity contribution in [3.05, 3.63) is 65.6 Å². The fraction of sp³-hybridized carbons (Fsp3) is 0.357. The van der Waals surface area contributed by atoms with Crippen LogP contribution in [-0.4, -0.2) is 65.2 Å². The summed E-state index contributed by atoms with van der Waals surface area (Å²) in [5, 5.41) is 6.03. The summed E-state index contributed by atoms with van der Waals surface area (Å²) < 4.78 is 46.8. The van der Waals surface area contributed by atoms with Gasteiger partial charge in [-0.2, -0.15) is 4.39 Å². The first kappa shape index (κ1) is 28.7. The highest BCUT2D eigenvalue weighted by Crippen LogP contribution is 2.26. The van der Waals surface area contributed by atoms with E-state index in [9.17, 15) is 32.3 Å². The van der Waals surface area contributed by atoms with Crippen LogP contribution in [0.25, 0.3) is 10.9 Å². The van der Waals surface area contributed by atoms with Gasteiger partial charge in [0.2, 0.25) is 17.6 Å². The minimum Gasteiger partial charge on any atom is -0.480 e. The molecule has 2 atom stereocenters. The van der Waals surface area contributed by atoms with Gasteiger partial charge in [-0.25, -0.2) is 8.78 Å². The van der Waals surface area contributed by atoms with Crippen molar-refractivity contribution in [3.63, 3.8) is 0 Å². The van der Waals surface area contributed by atoms with Crippen LogP contribution in [0.2, 0.25) is 0 Å². The third kappa shape index (κ3) is 6.27. The summed E-state index contributed by atoms with van der Waals surface area (Å²) in [6.07, 6.45) is 0.357. The first-order valence-corrected chi connectivity index (χ1v) is 12.8. The third-order valence-electron chi connectivity index (χ3n) is 6.76. The Bertz CT molecular complexity index is 1410. The van der Waals surface area contributed by atoms with E-state index >= 15 is 0 Å². The number of nitrogens with one attached hydrogen (secondary N) is 3. The Labute approximate surface area is 228 Å². The first-order valence-electron chi connectivity index (χ1n) is 12.8. The number of H-pyrrole nitrogens is 1. The molecule has 0 radical (unpaired) electrons. The van der Waals surface area contributed by atoms with Gasteiger partial charge in [-0.1, -0.05) is 18.2 Å². The van der Waals surface area contributed by atoms with E-state index in [0.29, 0.717) is 25.1 Å². The lowest BCUT2D eigenvalue weighted by atomic mass is 9.93. The maximum atomic E-state index is 14.1. The van der Waals surface area contributed by atoms with Crippen LogP contribution in [0.15, 0.2) is 42.5 Å². The van der Waals surface area contributed by atoms with Gasteiger partial charge in [0, 0.05) is 29.4 Å². The van der Waals surface area contributed by atoms with Crippen LogP contribution in [0.3, 0.4) is 0 Å². The summed E-state index contributed by atoms with van der Waals surface area (Å²) in [7, 11) is 0. The number of benzene rings is 2. The number of fused-ring (bicyclic) bond motifs is 1. The molecule has 2 aromatic carbocycles. The van der Waals surface area contributed by atoms with E-state index in [0.717, 1.165) is 10.9 Å². The fourth-order valence-corrected chi connectivity index (χ4v) is 4.78. The SMILES string of the molecule is CC(C)N(C(=O)CNC(=O)c1cc2ccccc2[nH]1)C(C[C@@H]1CCNC1=O)C(=O)COc1c(F)ccc(F)c1F. The number of halogens is 3. The molecule has 1 fully saturated rings. The average Bonchev–Trinajstić information content (AvgIpc) is 3.54. The number of Topliss-reactive ketones (excluding diaryl/α,β-unsaturated/α-hetero) is 1. The molecule has 0 spiro atoms. The number of nitrogens with zero attached hydrogens (tertiary/aromatic N) is 1. The summed E-state index contributed by atoms with van der Waals surface area (Å²) in [4.78, 5) is 55.9. The summed E-state index contributed by atoms with van der Waals surface area (Å²) >= 11 is 0. The zero-order valence-electron chi connectivity index (χ0n) is 21.9. The van der Waals surface area contributed by atoms with E-state index < -0.39 is 72.0 Å². The van der Waals surface area contributed by atoms with E-state index in [1.165, 1.54) is 4.90 Å². The first-order chi connectivity index (χ1) is 19.1. The molecule has 1 aromatic heterocycles. The molecule has 12 heteroatoms. The van der Waals surface area contributed by atoms with Crippen LogP contribution in [0.5, 0.6) is 5.75 Å². The molecule has 0 aliphatic carbocycles. The molecule has 2 heterocycles. The third-order valence-corrected chi connectivity index (χ3v) is 6.76. The number of carbonyl (C=O) groups excluding carboxylic acids is 4. The number of rotatable bonds is 11. The maximum Gasteiger partial charge on any atom is 0.268 e. The number of aromatic nitrogens is 1. The van der Waals surface area contributed by atoms with Crippen molar-refractivity contribution in [2.45, 2.75) is 38.8 Å². The van der Waals surface area contributed by atoms with Crippen molar-refractivity contribution in [2.75, 3.05) is 19.7 Å². The molecule has 40 heavy (non-hydrogen) atoms. The van der Waals surface area contributed by atoms with E-state index in [-0.39, 0.29) is 18.0 Å². The molecular formula is C28H29F3N4O5. The van der Waals surface area contributed by atoms with Crippen molar-refractivity contribution < 1.29 is 37.1 Å². The molecule has 3 amide bonds. The molecule has 1 saturated heterocycles. The lowest BCUT2D eigenvalue weighted by molar-refractivity contribution is -0.143. The smallest absolute Gasteiger partial charge is 0.268 e. The number of para-hydroxylation sites is 1. The quantitative estimate of drug-likeness (QED) is 0.313. The Hall–Kier alpha value is -4.35. The zero-order valence-corrected chi connectivity index (χ0v) is 21.9. The minimum atomic E-state index is -1.59. The number of ether oxygens (including phenoxy) is 1. The largest absolute Gasteiger partial charge is 0.480 e. The highest BCUT2D eigenvalue weighted by atomic mass is 19.2. The molecule has 1 aliphatic heterocycles. The van der Waals surface area contributed by atoms with Gasteiger partial charge in [-0.05, 0) is 51.0 Å². The molecular weight excluding hydrogens is 529 g/mol. The Morgan fingerprint density at radius 3 is 2.50 bits per heavy atom. The van der Waals surface area contributed by atoms with E-state index in [4.69, 9.17) is 4.74 Å². The summed E-state index contributed by atoms with van der Waals surface area (Å²) in [5.41, 5.74) is 0.988. The zero-order chi connectivity index (χ0) is 29.0. The number of hydrogen-bond donors (Lipinski definition) is 3. The summed E-state index contributed by atoms with van der Waals surface area (Å²) in [6, 6.07) is 8.39. The van der Waals surface area contributed by atoms with Crippen LogP contribution in [0.1, 0.15) is 37.2 Å². The Morgan fingerprint density at radius 1 is 1.10 bits per heavy atom. The molecule has 3 aromatic rings. The molecule has 9 nitrogen and oxygen atoms in total. The number of ketones is 1. The predicted octanol–water partition coefficient (Wildman–Crippen LogP) is 3.09. The van der Waals surface area contributed by atoms with Crippen molar-refractivity contribution >= 4 is 34.4 Å². The van der Waals surface area contributed by atoms with E-state index in [2.05, 4.69) is 15.6 Å². The van der Waals surface area contributed by atoms with Crippen LogP contribution in [0, 0.1) is 23.4 Å². The van der Waals surface area contributed by atoms with Crippen molar-refractivity contribution in [2.24, 2.45) is 5.92 Å². The average molecular weight is 559 g/mol. The van der Waals surface area contributed by atoms with E-state index in [1.54, 1.807) is 26.0 Å². The van der Waals surface area contributed by atoms with Gasteiger partial charge in [-0.3, -0.25) is 19.2 Å². The maximum absolute atomic E-state index is 14.1. The molecule has 0 saturated carbocycles. The molecule has 212 valence electrons.